The smallest absolute Gasteiger partial charge is 0.272 e. The van der Waals surface area contributed by atoms with Gasteiger partial charge in [0.2, 0.25) is 5.91 Å². The second-order valence-corrected chi connectivity index (χ2v) is 11.0. The Labute approximate surface area is 261 Å². The summed E-state index contributed by atoms with van der Waals surface area (Å²) in [6.07, 6.45) is 1.65. The van der Waals surface area contributed by atoms with Crippen LogP contribution in [0.5, 0.6) is 0 Å². The summed E-state index contributed by atoms with van der Waals surface area (Å²) in [6.45, 7) is 1.98. The second-order valence-electron chi connectivity index (χ2n) is 9.96. The molecule has 0 unspecified atom stereocenters. The Bertz CT molecular complexity index is 1700. The molecule has 0 aliphatic carbocycles. The first kappa shape index (κ1) is 30.1. The second kappa shape index (κ2) is 14.7. The zero-order valence-electron chi connectivity index (χ0n) is 24.1. The van der Waals surface area contributed by atoms with Crippen LogP contribution in [0.2, 0.25) is 0 Å². The summed E-state index contributed by atoms with van der Waals surface area (Å²) in [6, 6.07) is 42.8. The molecule has 5 aromatic carbocycles. The number of nitrogens with one attached hydrogen (secondary N) is 2. The number of amides is 3. The highest BCUT2D eigenvalue weighted by Crippen LogP contribution is 2.28. The van der Waals surface area contributed by atoms with Gasteiger partial charge >= 0.3 is 0 Å². The van der Waals surface area contributed by atoms with Crippen LogP contribution < -0.4 is 15.5 Å². The lowest BCUT2D eigenvalue weighted by Crippen LogP contribution is -2.30. The van der Waals surface area contributed by atoms with Gasteiger partial charge in [-0.05, 0) is 79.2 Å². The predicted molar refractivity (Wildman–Crippen MR) is 179 cm³/mol. The fourth-order valence-corrected chi connectivity index (χ4v) is 5.15. The number of para-hydroxylation sites is 2. The van der Waals surface area contributed by atoms with Crippen LogP contribution in [0.25, 0.3) is 6.08 Å². The van der Waals surface area contributed by atoms with Crippen LogP contribution in [0.3, 0.4) is 0 Å². The molecule has 6 nitrogen and oxygen atoms in total. The van der Waals surface area contributed by atoms with Gasteiger partial charge in [0.1, 0.15) is 5.70 Å². The van der Waals surface area contributed by atoms with E-state index in [1.807, 2.05) is 110 Å². The maximum absolute atomic E-state index is 13.4. The van der Waals surface area contributed by atoms with Crippen LogP contribution in [0.1, 0.15) is 21.5 Å². The average Bonchev–Trinajstić information content (AvgIpc) is 3.06. The minimum Gasteiger partial charge on any atom is -0.321 e. The van der Waals surface area contributed by atoms with E-state index in [0.29, 0.717) is 11.3 Å². The van der Waals surface area contributed by atoms with E-state index in [2.05, 4.69) is 10.6 Å². The van der Waals surface area contributed by atoms with Crippen molar-refractivity contribution in [2.45, 2.75) is 11.8 Å². The number of rotatable bonds is 10. The topological polar surface area (TPSA) is 78.5 Å². The monoisotopic (exact) mass is 597 g/mol. The lowest BCUT2D eigenvalue weighted by Gasteiger charge is -2.23. The van der Waals surface area contributed by atoms with Gasteiger partial charge in [-0.3, -0.25) is 19.3 Å². The standard InChI is InChI=1S/C37H31N3O3S/c1-27-17-19-28(20-18-27)25-34(39-36(42)29-11-5-2-6-12-29)37(43)38-30-21-23-33(24-22-30)44-26-35(41)40(31-13-7-3-8-14-31)32-15-9-4-10-16-32/h2-25H,26H2,1H3,(H,38,43)(H,39,42)/b34-25-. The minimum atomic E-state index is -0.452. The lowest BCUT2D eigenvalue weighted by molar-refractivity contribution is -0.115. The molecule has 0 fully saturated rings. The van der Waals surface area contributed by atoms with Crippen molar-refractivity contribution >= 4 is 52.6 Å². The van der Waals surface area contributed by atoms with Crippen LogP contribution in [-0.4, -0.2) is 23.5 Å². The van der Waals surface area contributed by atoms with Crippen molar-refractivity contribution in [2.24, 2.45) is 0 Å². The molecule has 0 heterocycles. The quantitative estimate of drug-likeness (QED) is 0.127. The first-order valence-electron chi connectivity index (χ1n) is 14.1. The number of carbonyl (C=O) groups is 3. The van der Waals surface area contributed by atoms with Crippen molar-refractivity contribution < 1.29 is 14.4 Å². The Morgan fingerprint density at radius 1 is 0.682 bits per heavy atom. The summed E-state index contributed by atoms with van der Waals surface area (Å²) in [5.74, 6) is -0.656. The van der Waals surface area contributed by atoms with Crippen molar-refractivity contribution in [3.05, 3.63) is 162 Å². The van der Waals surface area contributed by atoms with Crippen molar-refractivity contribution in [1.82, 2.24) is 5.32 Å². The number of anilines is 3. The first-order chi connectivity index (χ1) is 21.5. The zero-order valence-corrected chi connectivity index (χ0v) is 25.0. The lowest BCUT2D eigenvalue weighted by atomic mass is 10.1. The molecular formula is C37H31N3O3S. The first-order valence-corrected chi connectivity index (χ1v) is 15.1. The number of hydrogen-bond donors (Lipinski definition) is 2. The Morgan fingerprint density at radius 3 is 1.80 bits per heavy atom. The highest BCUT2D eigenvalue weighted by Gasteiger charge is 2.18. The Balaban J connectivity index is 1.26. The van der Waals surface area contributed by atoms with Crippen LogP contribution in [0.4, 0.5) is 17.1 Å². The molecule has 0 aliphatic heterocycles. The third kappa shape index (κ3) is 8.12. The summed E-state index contributed by atoms with van der Waals surface area (Å²) in [5, 5.41) is 5.64. The molecule has 0 saturated carbocycles. The van der Waals surface area contributed by atoms with E-state index < -0.39 is 5.91 Å². The number of benzene rings is 5. The van der Waals surface area contributed by atoms with E-state index in [1.54, 1.807) is 47.4 Å². The number of thioether (sulfide) groups is 1. The predicted octanol–water partition coefficient (Wildman–Crippen LogP) is 7.86. The van der Waals surface area contributed by atoms with E-state index in [4.69, 9.17) is 0 Å². The van der Waals surface area contributed by atoms with Gasteiger partial charge in [-0.25, -0.2) is 0 Å². The van der Waals surface area contributed by atoms with Crippen molar-refractivity contribution in [1.29, 1.82) is 0 Å². The largest absolute Gasteiger partial charge is 0.321 e. The fraction of sp³-hybridized carbons (Fsp3) is 0.0541. The maximum atomic E-state index is 13.4. The summed E-state index contributed by atoms with van der Waals surface area (Å²) in [7, 11) is 0. The summed E-state index contributed by atoms with van der Waals surface area (Å²) >= 11 is 1.42. The molecule has 218 valence electrons. The van der Waals surface area contributed by atoms with Gasteiger partial charge in [-0.15, -0.1) is 11.8 Å². The van der Waals surface area contributed by atoms with Gasteiger partial charge in [0, 0.05) is 27.5 Å². The highest BCUT2D eigenvalue weighted by atomic mass is 32.2. The van der Waals surface area contributed by atoms with E-state index >= 15 is 0 Å². The average molecular weight is 598 g/mol. The third-order valence-electron chi connectivity index (χ3n) is 6.67. The number of aryl methyl sites for hydroxylation is 1. The minimum absolute atomic E-state index is 0.0511. The SMILES string of the molecule is Cc1ccc(/C=C(\NC(=O)c2ccccc2)C(=O)Nc2ccc(SCC(=O)N(c3ccccc3)c3ccccc3)cc2)cc1. The van der Waals surface area contributed by atoms with Crippen molar-refractivity contribution in [2.75, 3.05) is 16.0 Å². The van der Waals surface area contributed by atoms with Crippen LogP contribution in [0.15, 0.2) is 150 Å². The molecule has 5 rings (SSSR count). The van der Waals surface area contributed by atoms with Gasteiger partial charge in [0.15, 0.2) is 0 Å². The molecule has 0 spiro atoms. The van der Waals surface area contributed by atoms with E-state index in [9.17, 15) is 14.4 Å². The van der Waals surface area contributed by atoms with Crippen LogP contribution in [0, 0.1) is 6.92 Å². The van der Waals surface area contributed by atoms with Gasteiger partial charge in [-0.1, -0.05) is 84.4 Å². The molecule has 3 amide bonds. The Morgan fingerprint density at radius 2 is 1.23 bits per heavy atom. The van der Waals surface area contributed by atoms with E-state index in [1.165, 1.54) is 11.8 Å². The van der Waals surface area contributed by atoms with Gasteiger partial charge in [0.05, 0.1) is 5.75 Å². The van der Waals surface area contributed by atoms with E-state index in [0.717, 1.165) is 27.4 Å². The molecule has 0 aromatic heterocycles. The van der Waals surface area contributed by atoms with Crippen molar-refractivity contribution in [3.8, 4) is 0 Å². The van der Waals surface area contributed by atoms with Gasteiger partial charge < -0.3 is 10.6 Å². The van der Waals surface area contributed by atoms with Gasteiger partial charge in [0.25, 0.3) is 11.8 Å². The van der Waals surface area contributed by atoms with Crippen LogP contribution in [-0.2, 0) is 9.59 Å². The maximum Gasteiger partial charge on any atom is 0.272 e. The molecular weight excluding hydrogens is 566 g/mol. The molecule has 44 heavy (non-hydrogen) atoms. The molecule has 0 atom stereocenters. The Hall–Kier alpha value is -5.40. The van der Waals surface area contributed by atoms with Crippen molar-refractivity contribution in [3.63, 3.8) is 0 Å². The summed E-state index contributed by atoms with van der Waals surface area (Å²) in [5.41, 5.74) is 4.61. The molecule has 7 heteroatoms. The van der Waals surface area contributed by atoms with Gasteiger partial charge in [-0.2, -0.15) is 0 Å². The molecule has 0 saturated heterocycles. The van der Waals surface area contributed by atoms with E-state index in [-0.39, 0.29) is 23.3 Å². The van der Waals surface area contributed by atoms with Crippen LogP contribution >= 0.6 is 11.8 Å². The molecule has 0 aliphatic rings. The number of nitrogens with zero attached hydrogens (tertiary/aromatic N) is 1. The zero-order chi connectivity index (χ0) is 30.7. The number of hydrogen-bond acceptors (Lipinski definition) is 4. The molecule has 2 N–H and O–H groups in total. The molecule has 5 aromatic rings. The normalized spacial score (nSPS) is 11.0. The third-order valence-corrected chi connectivity index (χ3v) is 7.67. The molecule has 0 bridgehead atoms. The Kier molecular flexibility index (Phi) is 10.0. The fourth-order valence-electron chi connectivity index (χ4n) is 4.41. The summed E-state index contributed by atoms with van der Waals surface area (Å²) in [4.78, 5) is 42.2. The summed E-state index contributed by atoms with van der Waals surface area (Å²) < 4.78 is 0. The molecule has 0 radical (unpaired) electrons. The number of carbonyl (C=O) groups excluding carboxylic acids is 3. The highest BCUT2D eigenvalue weighted by molar-refractivity contribution is 8.00.